The van der Waals surface area contributed by atoms with Crippen LogP contribution in [0.4, 0.5) is 0 Å². The molecule has 2 aromatic rings. The molecule has 1 aliphatic rings. The third-order valence-electron chi connectivity index (χ3n) is 4.26. The molecule has 134 valence electrons. The van der Waals surface area contributed by atoms with Gasteiger partial charge in [-0.2, -0.15) is 0 Å². The molecule has 2 aromatic carbocycles. The third-order valence-corrected chi connectivity index (χ3v) is 4.91. The molecule has 1 amide bonds. The average molecular weight is 426 g/mol. The van der Waals surface area contributed by atoms with Crippen molar-refractivity contribution in [3.8, 4) is 5.75 Å². The van der Waals surface area contributed by atoms with Crippen LogP contribution in [-0.2, 0) is 6.61 Å². The minimum Gasteiger partial charge on any atom is -0.488 e. The Bertz CT molecular complexity index is 701. The zero-order valence-corrected chi connectivity index (χ0v) is 16.3. The van der Waals surface area contributed by atoms with Gasteiger partial charge in [-0.3, -0.25) is 4.79 Å². The first-order valence-electron chi connectivity index (χ1n) is 8.14. The first-order chi connectivity index (χ1) is 11.6. The standard InChI is InChI=1S/C19H21BrN2O2.ClH/c20-17-3-1-2-4-18(17)24-13-14-5-7-15(8-6-14)19(23)22-11-9-16(21)10-12-22;/h1-8,16H,9-13,21H2;1H. The largest absolute Gasteiger partial charge is 0.488 e. The number of hydrogen-bond acceptors (Lipinski definition) is 3. The zero-order chi connectivity index (χ0) is 16.9. The molecule has 1 heterocycles. The first kappa shape index (κ1) is 19.8. The summed E-state index contributed by atoms with van der Waals surface area (Å²) >= 11 is 3.46. The van der Waals surface area contributed by atoms with Crippen LogP contribution >= 0.6 is 28.3 Å². The molecule has 0 aliphatic carbocycles. The summed E-state index contributed by atoms with van der Waals surface area (Å²) in [4.78, 5) is 14.4. The van der Waals surface area contributed by atoms with Crippen LogP contribution in [0, 0.1) is 0 Å². The SMILES string of the molecule is Cl.NC1CCN(C(=O)c2ccc(COc3ccccc3Br)cc2)CC1. The summed E-state index contributed by atoms with van der Waals surface area (Å²) in [6.45, 7) is 1.95. The molecule has 25 heavy (non-hydrogen) atoms. The summed E-state index contributed by atoms with van der Waals surface area (Å²) in [7, 11) is 0. The molecule has 0 saturated carbocycles. The number of hydrogen-bond donors (Lipinski definition) is 1. The molecule has 6 heteroatoms. The van der Waals surface area contributed by atoms with Crippen molar-refractivity contribution in [1.82, 2.24) is 4.90 Å². The van der Waals surface area contributed by atoms with Crippen LogP contribution in [0.5, 0.6) is 5.75 Å². The highest BCUT2D eigenvalue weighted by Gasteiger charge is 2.21. The summed E-state index contributed by atoms with van der Waals surface area (Å²) < 4.78 is 6.73. The van der Waals surface area contributed by atoms with Crippen LogP contribution < -0.4 is 10.5 Å². The number of carbonyl (C=O) groups excluding carboxylic acids is 1. The van der Waals surface area contributed by atoms with Crippen LogP contribution in [0.2, 0.25) is 0 Å². The van der Waals surface area contributed by atoms with Gasteiger partial charge < -0.3 is 15.4 Å². The van der Waals surface area contributed by atoms with Gasteiger partial charge in [-0.25, -0.2) is 0 Å². The number of para-hydroxylation sites is 1. The highest BCUT2D eigenvalue weighted by Crippen LogP contribution is 2.24. The van der Waals surface area contributed by atoms with E-state index in [0.717, 1.165) is 47.3 Å². The van der Waals surface area contributed by atoms with Crippen molar-refractivity contribution >= 4 is 34.2 Å². The number of benzene rings is 2. The van der Waals surface area contributed by atoms with E-state index in [9.17, 15) is 4.79 Å². The summed E-state index contributed by atoms with van der Waals surface area (Å²) in [5.41, 5.74) is 7.64. The van der Waals surface area contributed by atoms with Gasteiger partial charge in [0.15, 0.2) is 0 Å². The summed E-state index contributed by atoms with van der Waals surface area (Å²) in [5, 5.41) is 0. The Balaban J connectivity index is 0.00000225. The van der Waals surface area contributed by atoms with Gasteiger partial charge in [-0.15, -0.1) is 12.4 Å². The number of ether oxygens (including phenoxy) is 1. The van der Waals surface area contributed by atoms with E-state index in [0.29, 0.717) is 6.61 Å². The second kappa shape index (κ2) is 9.22. The van der Waals surface area contributed by atoms with Crippen molar-refractivity contribution < 1.29 is 9.53 Å². The molecule has 0 aromatic heterocycles. The Morgan fingerprint density at radius 2 is 1.76 bits per heavy atom. The van der Waals surface area contributed by atoms with Gasteiger partial charge in [0.05, 0.1) is 4.47 Å². The van der Waals surface area contributed by atoms with Gasteiger partial charge in [0.1, 0.15) is 12.4 Å². The molecule has 0 radical (unpaired) electrons. The van der Waals surface area contributed by atoms with E-state index in [1.54, 1.807) is 0 Å². The fourth-order valence-corrected chi connectivity index (χ4v) is 3.15. The van der Waals surface area contributed by atoms with E-state index in [4.69, 9.17) is 10.5 Å². The van der Waals surface area contributed by atoms with Gasteiger partial charge in [0.2, 0.25) is 0 Å². The van der Waals surface area contributed by atoms with Crippen LogP contribution in [0.15, 0.2) is 53.0 Å². The number of amides is 1. The maximum atomic E-state index is 12.5. The fraction of sp³-hybridized carbons (Fsp3) is 0.316. The van der Waals surface area contributed by atoms with E-state index in [2.05, 4.69) is 15.9 Å². The van der Waals surface area contributed by atoms with Crippen LogP contribution in [0.25, 0.3) is 0 Å². The van der Waals surface area contributed by atoms with Crippen molar-refractivity contribution in [3.05, 3.63) is 64.1 Å². The molecule has 2 N–H and O–H groups in total. The Kier molecular flexibility index (Phi) is 7.29. The number of likely N-dealkylation sites (tertiary alicyclic amines) is 1. The molecule has 0 bridgehead atoms. The molecule has 0 atom stereocenters. The molecule has 0 unspecified atom stereocenters. The predicted octanol–water partition coefficient (Wildman–Crippen LogP) is 4.01. The van der Waals surface area contributed by atoms with Crippen molar-refractivity contribution in [2.45, 2.75) is 25.5 Å². The number of nitrogens with zero attached hydrogens (tertiary/aromatic N) is 1. The lowest BCUT2D eigenvalue weighted by molar-refractivity contribution is 0.0714. The maximum absolute atomic E-state index is 12.5. The predicted molar refractivity (Wildman–Crippen MR) is 105 cm³/mol. The van der Waals surface area contributed by atoms with Crippen LogP contribution in [0.3, 0.4) is 0 Å². The topological polar surface area (TPSA) is 55.6 Å². The fourth-order valence-electron chi connectivity index (χ4n) is 2.75. The quantitative estimate of drug-likeness (QED) is 0.805. The summed E-state index contributed by atoms with van der Waals surface area (Å²) in [6, 6.07) is 15.6. The lowest BCUT2D eigenvalue weighted by Gasteiger charge is -2.30. The lowest BCUT2D eigenvalue weighted by atomic mass is 10.0. The summed E-state index contributed by atoms with van der Waals surface area (Å²) in [5.74, 6) is 0.891. The Labute approximate surface area is 162 Å². The van der Waals surface area contributed by atoms with E-state index in [1.165, 1.54) is 0 Å². The molecular formula is C19H22BrClN2O2. The Hall–Kier alpha value is -1.56. The molecule has 3 rings (SSSR count). The van der Waals surface area contributed by atoms with E-state index in [1.807, 2.05) is 53.4 Å². The second-order valence-electron chi connectivity index (χ2n) is 6.05. The van der Waals surface area contributed by atoms with Crippen molar-refractivity contribution in [2.24, 2.45) is 5.73 Å². The van der Waals surface area contributed by atoms with Gasteiger partial charge in [0, 0.05) is 24.7 Å². The van der Waals surface area contributed by atoms with Gasteiger partial charge in [-0.05, 0) is 58.6 Å². The van der Waals surface area contributed by atoms with E-state index >= 15 is 0 Å². The highest BCUT2D eigenvalue weighted by atomic mass is 79.9. The third kappa shape index (κ3) is 5.21. The van der Waals surface area contributed by atoms with E-state index < -0.39 is 0 Å². The minimum atomic E-state index is 0. The monoisotopic (exact) mass is 424 g/mol. The van der Waals surface area contributed by atoms with Gasteiger partial charge >= 0.3 is 0 Å². The van der Waals surface area contributed by atoms with Crippen molar-refractivity contribution in [3.63, 3.8) is 0 Å². The number of carbonyl (C=O) groups is 1. The molecule has 4 nitrogen and oxygen atoms in total. The Morgan fingerprint density at radius 3 is 2.40 bits per heavy atom. The smallest absolute Gasteiger partial charge is 0.253 e. The van der Waals surface area contributed by atoms with Crippen LogP contribution in [0.1, 0.15) is 28.8 Å². The highest BCUT2D eigenvalue weighted by molar-refractivity contribution is 9.10. The number of rotatable bonds is 4. The van der Waals surface area contributed by atoms with E-state index in [-0.39, 0.29) is 24.4 Å². The normalized spacial score (nSPS) is 14.7. The average Bonchev–Trinajstić information content (AvgIpc) is 2.62. The second-order valence-corrected chi connectivity index (χ2v) is 6.90. The molecule has 1 aliphatic heterocycles. The molecule has 1 saturated heterocycles. The maximum Gasteiger partial charge on any atom is 0.253 e. The first-order valence-corrected chi connectivity index (χ1v) is 8.94. The van der Waals surface area contributed by atoms with Gasteiger partial charge in [0.25, 0.3) is 5.91 Å². The Morgan fingerprint density at radius 1 is 1.12 bits per heavy atom. The van der Waals surface area contributed by atoms with Crippen LogP contribution in [-0.4, -0.2) is 29.9 Å². The number of piperidine rings is 1. The number of halogens is 2. The zero-order valence-electron chi connectivity index (χ0n) is 13.9. The summed E-state index contributed by atoms with van der Waals surface area (Å²) in [6.07, 6.45) is 1.76. The lowest BCUT2D eigenvalue weighted by Crippen LogP contribution is -2.42. The van der Waals surface area contributed by atoms with Crippen molar-refractivity contribution in [2.75, 3.05) is 13.1 Å². The number of nitrogens with two attached hydrogens (primary N) is 1. The molecule has 0 spiro atoms. The molecular weight excluding hydrogens is 404 g/mol. The minimum absolute atomic E-state index is 0. The molecule has 1 fully saturated rings. The van der Waals surface area contributed by atoms with Gasteiger partial charge in [-0.1, -0.05) is 24.3 Å². The van der Waals surface area contributed by atoms with Crippen molar-refractivity contribution in [1.29, 1.82) is 0 Å².